The maximum absolute atomic E-state index is 13.1. The maximum atomic E-state index is 13.1. The van der Waals surface area contributed by atoms with Crippen LogP contribution in [0, 0.1) is 0 Å². The van der Waals surface area contributed by atoms with E-state index in [1.54, 1.807) is 28.4 Å². The fourth-order valence-electron chi connectivity index (χ4n) is 4.31. The molecular weight excluding hydrogens is 384 g/mol. The maximum Gasteiger partial charge on any atom is 0.410 e. The Balaban J connectivity index is 1.34. The van der Waals surface area contributed by atoms with Crippen LogP contribution in [-0.2, 0) is 17.7 Å². The summed E-state index contributed by atoms with van der Waals surface area (Å²) >= 11 is 0. The van der Waals surface area contributed by atoms with E-state index in [9.17, 15) is 9.59 Å². The van der Waals surface area contributed by atoms with Crippen LogP contribution >= 0.6 is 0 Å². The average molecular weight is 406 g/mol. The third-order valence-corrected chi connectivity index (χ3v) is 5.77. The molecule has 154 valence electrons. The molecule has 0 spiro atoms. The van der Waals surface area contributed by atoms with Gasteiger partial charge in [0.25, 0.3) is 5.91 Å². The number of ether oxygens (including phenoxy) is 1. The van der Waals surface area contributed by atoms with Crippen molar-refractivity contribution in [3.63, 3.8) is 0 Å². The molecule has 4 heterocycles. The van der Waals surface area contributed by atoms with Crippen molar-refractivity contribution in [1.29, 1.82) is 0 Å². The lowest BCUT2D eigenvalue weighted by Gasteiger charge is -2.44. The SMILES string of the molecule is O=C(c1ccc(Cn2ccnc2)o1)N1CCN2C(=O)OCC2(Cc2ccccc2)C1. The van der Waals surface area contributed by atoms with Gasteiger partial charge in [-0.2, -0.15) is 0 Å². The van der Waals surface area contributed by atoms with E-state index in [0.717, 1.165) is 5.56 Å². The zero-order valence-corrected chi connectivity index (χ0v) is 16.4. The third-order valence-electron chi connectivity index (χ3n) is 5.77. The minimum Gasteiger partial charge on any atom is -0.454 e. The van der Waals surface area contributed by atoms with Gasteiger partial charge in [0.1, 0.15) is 17.9 Å². The standard InChI is InChI=1S/C22H22N4O4/c27-20(19-7-6-18(30-19)13-24-9-8-23-16-24)25-10-11-26-21(28)29-15-22(26,14-25)12-17-4-2-1-3-5-17/h1-9,16H,10-15H2. The van der Waals surface area contributed by atoms with Gasteiger partial charge in [-0.25, -0.2) is 9.78 Å². The Bertz CT molecular complexity index is 1050. The number of benzene rings is 1. The number of piperazine rings is 1. The van der Waals surface area contributed by atoms with Gasteiger partial charge in [-0.15, -0.1) is 0 Å². The first-order valence-electron chi connectivity index (χ1n) is 9.95. The highest BCUT2D eigenvalue weighted by molar-refractivity contribution is 5.92. The Hall–Kier alpha value is -3.55. The summed E-state index contributed by atoms with van der Waals surface area (Å²) in [4.78, 5) is 33.0. The number of fused-ring (bicyclic) bond motifs is 1. The summed E-state index contributed by atoms with van der Waals surface area (Å²) in [6.45, 7) is 2.09. The fourth-order valence-corrected chi connectivity index (χ4v) is 4.31. The van der Waals surface area contributed by atoms with Crippen LogP contribution in [0.2, 0.25) is 0 Å². The highest BCUT2D eigenvalue weighted by atomic mass is 16.6. The largest absolute Gasteiger partial charge is 0.454 e. The molecule has 2 aromatic heterocycles. The van der Waals surface area contributed by atoms with Crippen LogP contribution in [0.3, 0.4) is 0 Å². The molecule has 8 heteroatoms. The van der Waals surface area contributed by atoms with E-state index in [1.165, 1.54) is 0 Å². The number of cyclic esters (lactones) is 1. The summed E-state index contributed by atoms with van der Waals surface area (Å²) in [7, 11) is 0. The molecule has 2 fully saturated rings. The second kappa shape index (κ2) is 7.37. The van der Waals surface area contributed by atoms with Crippen LogP contribution in [0.4, 0.5) is 4.79 Å². The van der Waals surface area contributed by atoms with Crippen molar-refractivity contribution >= 4 is 12.0 Å². The van der Waals surface area contributed by atoms with Gasteiger partial charge in [0.05, 0.1) is 12.9 Å². The highest BCUT2D eigenvalue weighted by Crippen LogP contribution is 2.33. The van der Waals surface area contributed by atoms with Crippen molar-refractivity contribution in [3.05, 3.63) is 78.3 Å². The monoisotopic (exact) mass is 406 g/mol. The molecule has 2 amide bonds. The highest BCUT2D eigenvalue weighted by Gasteiger charge is 2.51. The van der Waals surface area contributed by atoms with Crippen molar-refractivity contribution in [2.75, 3.05) is 26.2 Å². The van der Waals surface area contributed by atoms with E-state index in [1.807, 2.05) is 47.2 Å². The minimum atomic E-state index is -0.557. The zero-order chi connectivity index (χ0) is 20.6. The molecule has 0 N–H and O–H groups in total. The average Bonchev–Trinajstić information content (AvgIpc) is 3.50. The molecule has 1 aromatic carbocycles. The van der Waals surface area contributed by atoms with Crippen molar-refractivity contribution in [3.8, 4) is 0 Å². The summed E-state index contributed by atoms with van der Waals surface area (Å²) in [6, 6.07) is 13.5. The Morgan fingerprint density at radius 1 is 1.13 bits per heavy atom. The van der Waals surface area contributed by atoms with Gasteiger partial charge in [-0.05, 0) is 17.7 Å². The summed E-state index contributed by atoms with van der Waals surface area (Å²) < 4.78 is 13.1. The van der Waals surface area contributed by atoms with Gasteiger partial charge in [0.15, 0.2) is 5.76 Å². The van der Waals surface area contributed by atoms with E-state index in [-0.39, 0.29) is 18.6 Å². The number of rotatable bonds is 5. The van der Waals surface area contributed by atoms with E-state index in [0.29, 0.717) is 44.1 Å². The van der Waals surface area contributed by atoms with Crippen molar-refractivity contribution in [2.24, 2.45) is 0 Å². The van der Waals surface area contributed by atoms with E-state index < -0.39 is 5.54 Å². The van der Waals surface area contributed by atoms with Crippen LogP contribution < -0.4 is 0 Å². The van der Waals surface area contributed by atoms with Crippen LogP contribution in [0.5, 0.6) is 0 Å². The number of amides is 2. The smallest absolute Gasteiger partial charge is 0.410 e. The Morgan fingerprint density at radius 2 is 2.00 bits per heavy atom. The molecule has 2 saturated heterocycles. The molecule has 1 atom stereocenters. The molecule has 1 unspecified atom stereocenters. The Kier molecular flexibility index (Phi) is 4.54. The molecule has 2 aliphatic heterocycles. The molecule has 5 rings (SSSR count). The van der Waals surface area contributed by atoms with Crippen LogP contribution in [0.25, 0.3) is 0 Å². The first-order valence-corrected chi connectivity index (χ1v) is 9.95. The molecule has 30 heavy (non-hydrogen) atoms. The third kappa shape index (κ3) is 3.34. The van der Waals surface area contributed by atoms with Gasteiger partial charge in [0, 0.05) is 38.4 Å². The topological polar surface area (TPSA) is 80.8 Å². The first-order chi connectivity index (χ1) is 14.6. The number of carbonyl (C=O) groups excluding carboxylic acids is 2. The second-order valence-corrected chi connectivity index (χ2v) is 7.82. The fraction of sp³-hybridized carbons (Fsp3) is 0.318. The van der Waals surface area contributed by atoms with E-state index in [2.05, 4.69) is 4.98 Å². The number of furan rings is 1. The number of aromatic nitrogens is 2. The molecule has 0 aliphatic carbocycles. The number of hydrogen-bond donors (Lipinski definition) is 0. The predicted molar refractivity (Wildman–Crippen MR) is 107 cm³/mol. The first kappa shape index (κ1) is 18.5. The van der Waals surface area contributed by atoms with Crippen molar-refractivity contribution in [1.82, 2.24) is 19.4 Å². The van der Waals surface area contributed by atoms with E-state index >= 15 is 0 Å². The number of hydrogen-bond acceptors (Lipinski definition) is 5. The van der Waals surface area contributed by atoms with E-state index in [4.69, 9.17) is 9.15 Å². The van der Waals surface area contributed by atoms with Crippen LogP contribution in [-0.4, -0.2) is 63.1 Å². The number of imidazole rings is 1. The quantitative estimate of drug-likeness (QED) is 0.650. The van der Waals surface area contributed by atoms with Gasteiger partial charge < -0.3 is 18.6 Å². The molecule has 0 saturated carbocycles. The molecule has 0 radical (unpaired) electrons. The number of carbonyl (C=O) groups is 2. The van der Waals surface area contributed by atoms with Gasteiger partial charge in [-0.3, -0.25) is 9.69 Å². The van der Waals surface area contributed by atoms with Gasteiger partial charge in [-0.1, -0.05) is 30.3 Å². The van der Waals surface area contributed by atoms with Gasteiger partial charge in [0.2, 0.25) is 0 Å². The zero-order valence-electron chi connectivity index (χ0n) is 16.4. The van der Waals surface area contributed by atoms with Crippen LogP contribution in [0.15, 0.2) is 65.6 Å². The van der Waals surface area contributed by atoms with Crippen molar-refractivity contribution < 1.29 is 18.7 Å². The molecule has 0 bridgehead atoms. The lowest BCUT2D eigenvalue weighted by Crippen LogP contribution is -2.63. The lowest BCUT2D eigenvalue weighted by atomic mass is 9.88. The predicted octanol–water partition coefficient (Wildman–Crippen LogP) is 2.41. The summed E-state index contributed by atoms with van der Waals surface area (Å²) in [5.74, 6) is 0.824. The molecule has 3 aromatic rings. The summed E-state index contributed by atoms with van der Waals surface area (Å²) in [5.41, 5.74) is 0.550. The van der Waals surface area contributed by atoms with Gasteiger partial charge >= 0.3 is 6.09 Å². The van der Waals surface area contributed by atoms with Crippen LogP contribution in [0.1, 0.15) is 21.9 Å². The molecular formula is C22H22N4O4. The Morgan fingerprint density at radius 3 is 2.80 bits per heavy atom. The minimum absolute atomic E-state index is 0.168. The second-order valence-electron chi connectivity index (χ2n) is 7.82. The number of nitrogens with zero attached hydrogens (tertiary/aromatic N) is 4. The summed E-state index contributed by atoms with van der Waals surface area (Å²) in [5, 5.41) is 0. The Labute approximate surface area is 173 Å². The van der Waals surface area contributed by atoms with Crippen molar-refractivity contribution in [2.45, 2.75) is 18.5 Å². The molecule has 8 nitrogen and oxygen atoms in total. The lowest BCUT2D eigenvalue weighted by molar-refractivity contribution is 0.0351. The normalized spacial score (nSPS) is 20.9. The molecule has 2 aliphatic rings. The summed E-state index contributed by atoms with van der Waals surface area (Å²) in [6.07, 6.45) is 5.57.